The van der Waals surface area contributed by atoms with Crippen molar-refractivity contribution in [1.82, 2.24) is 9.55 Å². The van der Waals surface area contributed by atoms with Crippen molar-refractivity contribution < 1.29 is 4.42 Å². The lowest BCUT2D eigenvalue weighted by Gasteiger charge is -2.06. The molecule has 3 aromatic rings. The van der Waals surface area contributed by atoms with E-state index in [2.05, 4.69) is 4.98 Å². The lowest BCUT2D eigenvalue weighted by molar-refractivity contribution is 0.555. The van der Waals surface area contributed by atoms with E-state index in [1.54, 1.807) is 16.8 Å². The Morgan fingerprint density at radius 3 is 2.89 bits per heavy atom. The summed E-state index contributed by atoms with van der Waals surface area (Å²) >= 11 is 0. The van der Waals surface area contributed by atoms with Crippen LogP contribution < -0.4 is 11.3 Å². The molecule has 0 fully saturated rings. The first-order valence-corrected chi connectivity index (χ1v) is 5.91. The highest BCUT2D eigenvalue weighted by Gasteiger charge is 2.08. The van der Waals surface area contributed by atoms with E-state index in [4.69, 9.17) is 4.42 Å². The molecule has 0 atom stereocenters. The number of aryl methyl sites for hydroxylation is 1. The maximum Gasteiger partial charge on any atom is 0.417 e. The third-order valence-electron chi connectivity index (χ3n) is 2.99. The number of aromatic amines is 1. The molecule has 5 nitrogen and oxygen atoms in total. The van der Waals surface area contributed by atoms with Crippen LogP contribution in [0.4, 0.5) is 0 Å². The number of fused-ring (bicyclic) bond motifs is 1. The summed E-state index contributed by atoms with van der Waals surface area (Å²) in [6.45, 7) is 2.46. The SMILES string of the molecule is Cc1cccc(Cn2ccc3oc(=O)[nH]c3c2=O)c1. The van der Waals surface area contributed by atoms with Crippen molar-refractivity contribution in [3.63, 3.8) is 0 Å². The molecular formula is C14H12N2O3. The molecule has 0 aliphatic heterocycles. The van der Waals surface area contributed by atoms with Gasteiger partial charge in [-0.25, -0.2) is 4.79 Å². The summed E-state index contributed by atoms with van der Waals surface area (Å²) in [7, 11) is 0. The van der Waals surface area contributed by atoms with Crippen LogP contribution in [0.3, 0.4) is 0 Å². The molecule has 0 spiro atoms. The van der Waals surface area contributed by atoms with Crippen LogP contribution in [0.2, 0.25) is 0 Å². The number of aromatic nitrogens is 2. The number of nitrogens with one attached hydrogen (secondary N) is 1. The number of oxazole rings is 1. The first-order chi connectivity index (χ1) is 9.13. The van der Waals surface area contributed by atoms with Gasteiger partial charge in [0.15, 0.2) is 11.1 Å². The molecule has 2 heterocycles. The second-order valence-corrected chi connectivity index (χ2v) is 4.49. The van der Waals surface area contributed by atoms with Gasteiger partial charge in [-0.05, 0) is 18.6 Å². The van der Waals surface area contributed by atoms with Gasteiger partial charge < -0.3 is 8.98 Å². The van der Waals surface area contributed by atoms with Crippen LogP contribution >= 0.6 is 0 Å². The van der Waals surface area contributed by atoms with Crippen LogP contribution in [0.25, 0.3) is 11.1 Å². The molecule has 0 saturated carbocycles. The first-order valence-electron chi connectivity index (χ1n) is 5.91. The van der Waals surface area contributed by atoms with Crippen LogP contribution in [0.5, 0.6) is 0 Å². The van der Waals surface area contributed by atoms with Crippen molar-refractivity contribution in [3.05, 3.63) is 68.6 Å². The molecule has 5 heteroatoms. The smallest absolute Gasteiger partial charge is 0.408 e. The largest absolute Gasteiger partial charge is 0.417 e. The minimum absolute atomic E-state index is 0.208. The summed E-state index contributed by atoms with van der Waals surface area (Å²) in [4.78, 5) is 25.7. The number of nitrogens with zero attached hydrogens (tertiary/aromatic N) is 1. The quantitative estimate of drug-likeness (QED) is 0.757. The molecule has 0 aliphatic rings. The first kappa shape index (κ1) is 11.5. The van der Waals surface area contributed by atoms with Crippen molar-refractivity contribution in [1.29, 1.82) is 0 Å². The van der Waals surface area contributed by atoms with E-state index in [9.17, 15) is 9.59 Å². The molecule has 96 valence electrons. The van der Waals surface area contributed by atoms with Crippen LogP contribution in [0.15, 0.2) is 50.5 Å². The van der Waals surface area contributed by atoms with E-state index in [0.29, 0.717) is 6.54 Å². The van der Waals surface area contributed by atoms with Crippen molar-refractivity contribution in [3.8, 4) is 0 Å². The molecule has 0 unspecified atom stereocenters. The highest BCUT2D eigenvalue weighted by molar-refractivity contribution is 5.70. The van der Waals surface area contributed by atoms with E-state index in [0.717, 1.165) is 11.1 Å². The van der Waals surface area contributed by atoms with Crippen LogP contribution in [0.1, 0.15) is 11.1 Å². The molecule has 1 N–H and O–H groups in total. The monoisotopic (exact) mass is 256 g/mol. The highest BCUT2D eigenvalue weighted by atomic mass is 16.4. The Morgan fingerprint density at radius 2 is 2.11 bits per heavy atom. The van der Waals surface area contributed by atoms with Gasteiger partial charge in [-0.15, -0.1) is 0 Å². The Hall–Kier alpha value is -2.56. The summed E-state index contributed by atoms with van der Waals surface area (Å²) in [6.07, 6.45) is 1.63. The topological polar surface area (TPSA) is 68.0 Å². The predicted octanol–water partition coefficient (Wildman–Crippen LogP) is 1.64. The van der Waals surface area contributed by atoms with E-state index < -0.39 is 5.76 Å². The van der Waals surface area contributed by atoms with Crippen molar-refractivity contribution in [2.24, 2.45) is 0 Å². The van der Waals surface area contributed by atoms with Crippen molar-refractivity contribution in [2.75, 3.05) is 0 Å². The van der Waals surface area contributed by atoms with Crippen LogP contribution in [0, 0.1) is 6.92 Å². The summed E-state index contributed by atoms with van der Waals surface area (Å²) in [5.41, 5.74) is 2.41. The molecule has 0 bridgehead atoms. The second kappa shape index (κ2) is 4.28. The lowest BCUT2D eigenvalue weighted by Crippen LogP contribution is -2.20. The summed E-state index contributed by atoms with van der Waals surface area (Å²) in [6, 6.07) is 9.55. The van der Waals surface area contributed by atoms with Crippen molar-refractivity contribution in [2.45, 2.75) is 13.5 Å². The van der Waals surface area contributed by atoms with Crippen LogP contribution in [-0.2, 0) is 6.54 Å². The van der Waals surface area contributed by atoms with Gasteiger partial charge in [-0.3, -0.25) is 9.78 Å². The standard InChI is InChI=1S/C14H12N2O3/c1-9-3-2-4-10(7-9)8-16-6-5-11-12(13(16)17)15-14(18)19-11/h2-7H,8H2,1H3,(H,15,18). The molecular weight excluding hydrogens is 244 g/mol. The Balaban J connectivity index is 2.08. The third-order valence-corrected chi connectivity index (χ3v) is 2.99. The molecule has 0 aliphatic carbocycles. The number of rotatable bonds is 2. The van der Waals surface area contributed by atoms with Crippen LogP contribution in [-0.4, -0.2) is 9.55 Å². The minimum Gasteiger partial charge on any atom is -0.408 e. The fourth-order valence-electron chi connectivity index (χ4n) is 2.12. The number of hydrogen-bond acceptors (Lipinski definition) is 3. The number of pyridine rings is 1. The van der Waals surface area contributed by atoms with Gasteiger partial charge in [0, 0.05) is 6.20 Å². The lowest BCUT2D eigenvalue weighted by atomic mass is 10.1. The predicted molar refractivity (Wildman–Crippen MR) is 71.4 cm³/mol. The zero-order valence-electron chi connectivity index (χ0n) is 10.3. The van der Waals surface area contributed by atoms with Crippen molar-refractivity contribution >= 4 is 11.1 Å². The average molecular weight is 256 g/mol. The second-order valence-electron chi connectivity index (χ2n) is 4.49. The van der Waals surface area contributed by atoms with Gasteiger partial charge >= 0.3 is 5.76 Å². The number of benzene rings is 1. The summed E-state index contributed by atoms with van der Waals surface area (Å²) in [5.74, 6) is -0.611. The molecule has 1 aromatic carbocycles. The van der Waals surface area contributed by atoms with E-state index in [1.807, 2.05) is 31.2 Å². The average Bonchev–Trinajstić information content (AvgIpc) is 2.75. The Kier molecular flexibility index (Phi) is 2.59. The van der Waals surface area contributed by atoms with Gasteiger partial charge in [-0.1, -0.05) is 29.8 Å². The fourth-order valence-corrected chi connectivity index (χ4v) is 2.12. The van der Waals surface area contributed by atoms with Gasteiger partial charge in [0.05, 0.1) is 6.54 Å². The molecule has 0 amide bonds. The third kappa shape index (κ3) is 2.10. The van der Waals surface area contributed by atoms with E-state index >= 15 is 0 Å². The molecule has 19 heavy (non-hydrogen) atoms. The molecule has 0 radical (unpaired) electrons. The Bertz CT molecular complexity index is 855. The minimum atomic E-state index is -0.611. The number of H-pyrrole nitrogens is 1. The Labute approximate surface area is 108 Å². The zero-order valence-corrected chi connectivity index (χ0v) is 10.3. The van der Waals surface area contributed by atoms with Gasteiger partial charge in [0.1, 0.15) is 0 Å². The maximum absolute atomic E-state index is 12.2. The normalized spacial score (nSPS) is 11.0. The Morgan fingerprint density at radius 1 is 1.26 bits per heavy atom. The summed E-state index contributed by atoms with van der Waals surface area (Å²) < 4.78 is 6.39. The van der Waals surface area contributed by atoms with E-state index in [-0.39, 0.29) is 16.7 Å². The maximum atomic E-state index is 12.2. The number of hydrogen-bond donors (Lipinski definition) is 1. The van der Waals surface area contributed by atoms with Gasteiger partial charge in [0.25, 0.3) is 5.56 Å². The molecule has 3 rings (SSSR count). The molecule has 0 saturated heterocycles. The molecule has 2 aromatic heterocycles. The fraction of sp³-hybridized carbons (Fsp3) is 0.143. The van der Waals surface area contributed by atoms with Gasteiger partial charge in [0.2, 0.25) is 0 Å². The highest BCUT2D eigenvalue weighted by Crippen LogP contribution is 2.07. The van der Waals surface area contributed by atoms with Gasteiger partial charge in [-0.2, -0.15) is 0 Å². The van der Waals surface area contributed by atoms with E-state index in [1.165, 1.54) is 0 Å². The zero-order chi connectivity index (χ0) is 13.4. The summed E-state index contributed by atoms with van der Waals surface area (Å²) in [5, 5.41) is 0.